The summed E-state index contributed by atoms with van der Waals surface area (Å²) in [6.45, 7) is 0. The highest BCUT2D eigenvalue weighted by molar-refractivity contribution is 5.74. The fraction of sp³-hybridized carbons (Fsp3) is 0.462. The predicted molar refractivity (Wildman–Crippen MR) is 57.6 cm³/mol. The largest absolute Gasteiger partial charge is 0.298 e. The number of hydrogen-bond acceptors (Lipinski definition) is 1. The molecule has 1 aromatic carbocycles. The van der Waals surface area contributed by atoms with Crippen molar-refractivity contribution in [1.82, 2.24) is 0 Å². The van der Waals surface area contributed by atoms with Gasteiger partial charge in [0.05, 0.1) is 0 Å². The molecule has 15 heavy (non-hydrogen) atoms. The van der Waals surface area contributed by atoms with E-state index in [1.165, 1.54) is 25.3 Å². The van der Waals surface area contributed by atoms with Crippen molar-refractivity contribution in [1.29, 1.82) is 0 Å². The maximum atomic E-state index is 13.7. The molecule has 2 rings (SSSR count). The molecule has 0 aliphatic heterocycles. The summed E-state index contributed by atoms with van der Waals surface area (Å²) in [6.07, 6.45) is 6.51. The number of hydrogen-bond donors (Lipinski definition) is 0. The SMILES string of the molecule is O=Cc1ccc(C2CCCCC2)c(F)c1. The first-order chi connectivity index (χ1) is 7.31. The van der Waals surface area contributed by atoms with E-state index < -0.39 is 0 Å². The van der Waals surface area contributed by atoms with Gasteiger partial charge in [0.2, 0.25) is 0 Å². The third-order valence-electron chi connectivity index (χ3n) is 3.21. The van der Waals surface area contributed by atoms with E-state index in [0.717, 1.165) is 18.4 Å². The summed E-state index contributed by atoms with van der Waals surface area (Å²) in [4.78, 5) is 10.5. The molecule has 0 unspecified atom stereocenters. The molecule has 0 radical (unpaired) electrons. The normalized spacial score (nSPS) is 17.7. The van der Waals surface area contributed by atoms with Crippen LogP contribution in [-0.4, -0.2) is 6.29 Å². The number of rotatable bonds is 2. The van der Waals surface area contributed by atoms with Gasteiger partial charge in [-0.2, -0.15) is 0 Å². The minimum Gasteiger partial charge on any atom is -0.298 e. The maximum Gasteiger partial charge on any atom is 0.150 e. The van der Waals surface area contributed by atoms with Crippen LogP contribution < -0.4 is 0 Å². The minimum atomic E-state index is -0.216. The van der Waals surface area contributed by atoms with Gasteiger partial charge in [0.15, 0.2) is 0 Å². The summed E-state index contributed by atoms with van der Waals surface area (Å²) in [5, 5.41) is 0. The van der Waals surface area contributed by atoms with Crippen LogP contribution in [0.3, 0.4) is 0 Å². The highest BCUT2D eigenvalue weighted by atomic mass is 19.1. The summed E-state index contributed by atoms with van der Waals surface area (Å²) < 4.78 is 13.7. The minimum absolute atomic E-state index is 0.216. The Kier molecular flexibility index (Phi) is 3.14. The van der Waals surface area contributed by atoms with E-state index in [2.05, 4.69) is 0 Å². The summed E-state index contributed by atoms with van der Waals surface area (Å²) in [7, 11) is 0. The van der Waals surface area contributed by atoms with E-state index in [9.17, 15) is 9.18 Å². The first-order valence-corrected chi connectivity index (χ1v) is 5.56. The number of benzene rings is 1. The van der Waals surface area contributed by atoms with Gasteiger partial charge in [-0.15, -0.1) is 0 Å². The topological polar surface area (TPSA) is 17.1 Å². The van der Waals surface area contributed by atoms with Gasteiger partial charge in [0.25, 0.3) is 0 Å². The molecule has 0 heterocycles. The molecule has 0 aromatic heterocycles. The van der Waals surface area contributed by atoms with Crippen molar-refractivity contribution < 1.29 is 9.18 Å². The lowest BCUT2D eigenvalue weighted by atomic mass is 9.83. The van der Waals surface area contributed by atoms with E-state index in [4.69, 9.17) is 0 Å². The van der Waals surface area contributed by atoms with E-state index in [0.29, 0.717) is 17.8 Å². The molecule has 0 saturated heterocycles. The van der Waals surface area contributed by atoms with Gasteiger partial charge in [0.1, 0.15) is 12.1 Å². The van der Waals surface area contributed by atoms with Crippen molar-refractivity contribution in [3.63, 3.8) is 0 Å². The van der Waals surface area contributed by atoms with Crippen molar-refractivity contribution in [2.45, 2.75) is 38.0 Å². The molecule has 0 atom stereocenters. The Bertz CT molecular complexity index is 354. The average Bonchev–Trinajstić information content (AvgIpc) is 2.30. The lowest BCUT2D eigenvalue weighted by Gasteiger charge is -2.22. The summed E-state index contributed by atoms with van der Waals surface area (Å²) in [6, 6.07) is 4.83. The van der Waals surface area contributed by atoms with Crippen molar-refractivity contribution in [3.8, 4) is 0 Å². The zero-order chi connectivity index (χ0) is 10.7. The highest BCUT2D eigenvalue weighted by Gasteiger charge is 2.18. The van der Waals surface area contributed by atoms with Gasteiger partial charge in [-0.25, -0.2) is 4.39 Å². The molecule has 0 bridgehead atoms. The second-order valence-electron chi connectivity index (χ2n) is 4.23. The number of carbonyl (C=O) groups excluding carboxylic acids is 1. The van der Waals surface area contributed by atoms with Crippen molar-refractivity contribution in [2.24, 2.45) is 0 Å². The summed E-state index contributed by atoms with van der Waals surface area (Å²) in [5.41, 5.74) is 1.22. The maximum absolute atomic E-state index is 13.7. The van der Waals surface area contributed by atoms with Gasteiger partial charge in [0, 0.05) is 5.56 Å². The van der Waals surface area contributed by atoms with E-state index in [1.54, 1.807) is 12.1 Å². The van der Waals surface area contributed by atoms with Crippen LogP contribution in [0.2, 0.25) is 0 Å². The molecular weight excluding hydrogens is 191 g/mol. The quantitative estimate of drug-likeness (QED) is 0.674. The number of aldehydes is 1. The molecule has 0 N–H and O–H groups in total. The molecule has 1 nitrogen and oxygen atoms in total. The summed E-state index contributed by atoms with van der Waals surface area (Å²) >= 11 is 0. The Balaban J connectivity index is 2.23. The second-order valence-corrected chi connectivity index (χ2v) is 4.23. The van der Waals surface area contributed by atoms with Gasteiger partial charge in [-0.1, -0.05) is 31.4 Å². The van der Waals surface area contributed by atoms with Crippen LogP contribution >= 0.6 is 0 Å². The molecule has 1 aromatic rings. The number of carbonyl (C=O) groups is 1. The predicted octanol–water partition coefficient (Wildman–Crippen LogP) is 3.69. The van der Waals surface area contributed by atoms with Crippen LogP contribution in [-0.2, 0) is 0 Å². The second kappa shape index (κ2) is 4.56. The zero-order valence-corrected chi connectivity index (χ0v) is 8.71. The van der Waals surface area contributed by atoms with Gasteiger partial charge in [-0.05, 0) is 30.4 Å². The fourth-order valence-corrected chi connectivity index (χ4v) is 2.36. The Morgan fingerprint density at radius 2 is 1.93 bits per heavy atom. The number of halogens is 1. The van der Waals surface area contributed by atoms with Gasteiger partial charge < -0.3 is 0 Å². The van der Waals surface area contributed by atoms with Crippen LogP contribution in [0, 0.1) is 5.82 Å². The lowest BCUT2D eigenvalue weighted by Crippen LogP contribution is -2.06. The van der Waals surface area contributed by atoms with Crippen molar-refractivity contribution in [3.05, 3.63) is 35.1 Å². The molecule has 1 fully saturated rings. The van der Waals surface area contributed by atoms with E-state index in [1.807, 2.05) is 0 Å². The van der Waals surface area contributed by atoms with Crippen LogP contribution in [0.1, 0.15) is 53.9 Å². The molecule has 80 valence electrons. The highest BCUT2D eigenvalue weighted by Crippen LogP contribution is 2.33. The monoisotopic (exact) mass is 206 g/mol. The Hall–Kier alpha value is -1.18. The van der Waals surface area contributed by atoms with Crippen LogP contribution in [0.15, 0.2) is 18.2 Å². The van der Waals surface area contributed by atoms with Crippen LogP contribution in [0.4, 0.5) is 4.39 Å². The lowest BCUT2D eigenvalue weighted by molar-refractivity contribution is 0.112. The van der Waals surface area contributed by atoms with Crippen molar-refractivity contribution in [2.75, 3.05) is 0 Å². The Morgan fingerprint density at radius 1 is 1.20 bits per heavy atom. The third-order valence-corrected chi connectivity index (χ3v) is 3.21. The van der Waals surface area contributed by atoms with E-state index >= 15 is 0 Å². The average molecular weight is 206 g/mol. The Labute approximate surface area is 89.3 Å². The first kappa shape index (κ1) is 10.3. The fourth-order valence-electron chi connectivity index (χ4n) is 2.36. The van der Waals surface area contributed by atoms with E-state index in [-0.39, 0.29) is 5.82 Å². The zero-order valence-electron chi connectivity index (χ0n) is 8.71. The molecule has 1 aliphatic carbocycles. The molecule has 0 amide bonds. The van der Waals surface area contributed by atoms with Gasteiger partial charge >= 0.3 is 0 Å². The molecule has 1 saturated carbocycles. The Morgan fingerprint density at radius 3 is 2.53 bits per heavy atom. The molecule has 2 heteroatoms. The van der Waals surface area contributed by atoms with Gasteiger partial charge in [-0.3, -0.25) is 4.79 Å². The third kappa shape index (κ3) is 2.25. The summed E-state index contributed by atoms with van der Waals surface area (Å²) in [5.74, 6) is 0.144. The van der Waals surface area contributed by atoms with Crippen LogP contribution in [0.5, 0.6) is 0 Å². The standard InChI is InChI=1S/C13H15FO/c14-13-8-10(9-15)6-7-12(13)11-4-2-1-3-5-11/h6-9,11H,1-5H2. The van der Waals surface area contributed by atoms with Crippen LogP contribution in [0.25, 0.3) is 0 Å². The first-order valence-electron chi connectivity index (χ1n) is 5.56. The smallest absolute Gasteiger partial charge is 0.150 e. The molecule has 1 aliphatic rings. The van der Waals surface area contributed by atoms with Crippen molar-refractivity contribution >= 4 is 6.29 Å². The molecular formula is C13H15FO. The molecule has 0 spiro atoms.